The van der Waals surface area contributed by atoms with Crippen LogP contribution in [0.4, 0.5) is 0 Å². The number of carboxylic acids is 1. The standard InChI is InChI=1S/C17H21N3O4/c1-12-8-13(2)20(18-12)10-16(21)19(3)9-14-4-6-15(7-5-14)24-11-17(22)23/h4-8H,9-11H2,1-3H3,(H,22,23). The van der Waals surface area contributed by atoms with Crippen LogP contribution in [0, 0.1) is 13.8 Å². The summed E-state index contributed by atoms with van der Waals surface area (Å²) in [6.07, 6.45) is 0. The van der Waals surface area contributed by atoms with Gasteiger partial charge in [-0.3, -0.25) is 9.48 Å². The average molecular weight is 331 g/mol. The predicted molar refractivity (Wildman–Crippen MR) is 87.7 cm³/mol. The number of hydrogen-bond acceptors (Lipinski definition) is 4. The van der Waals surface area contributed by atoms with Crippen LogP contribution in [0.1, 0.15) is 17.0 Å². The van der Waals surface area contributed by atoms with Crippen molar-refractivity contribution in [1.82, 2.24) is 14.7 Å². The lowest BCUT2D eigenvalue weighted by Gasteiger charge is -2.18. The maximum Gasteiger partial charge on any atom is 0.341 e. The van der Waals surface area contributed by atoms with E-state index in [-0.39, 0.29) is 19.1 Å². The molecule has 1 aromatic carbocycles. The highest BCUT2D eigenvalue weighted by molar-refractivity contribution is 5.75. The summed E-state index contributed by atoms with van der Waals surface area (Å²) in [7, 11) is 1.74. The molecular formula is C17H21N3O4. The van der Waals surface area contributed by atoms with Crippen molar-refractivity contribution in [2.24, 2.45) is 0 Å². The summed E-state index contributed by atoms with van der Waals surface area (Å²) < 4.78 is 6.77. The van der Waals surface area contributed by atoms with E-state index in [2.05, 4.69) is 5.10 Å². The molecule has 0 fully saturated rings. The first kappa shape index (κ1) is 17.5. The Kier molecular flexibility index (Phi) is 5.57. The molecule has 24 heavy (non-hydrogen) atoms. The highest BCUT2D eigenvalue weighted by Crippen LogP contribution is 2.13. The van der Waals surface area contributed by atoms with Crippen LogP contribution in [0.25, 0.3) is 0 Å². The lowest BCUT2D eigenvalue weighted by atomic mass is 10.2. The number of aryl methyl sites for hydroxylation is 2. The monoisotopic (exact) mass is 331 g/mol. The molecule has 0 saturated heterocycles. The first-order valence-electron chi connectivity index (χ1n) is 7.53. The molecule has 0 saturated carbocycles. The van der Waals surface area contributed by atoms with E-state index in [4.69, 9.17) is 9.84 Å². The largest absolute Gasteiger partial charge is 0.482 e. The summed E-state index contributed by atoms with van der Waals surface area (Å²) in [5.74, 6) is -0.571. The number of hydrogen-bond donors (Lipinski definition) is 1. The minimum Gasteiger partial charge on any atom is -0.482 e. The summed E-state index contributed by atoms with van der Waals surface area (Å²) in [6.45, 7) is 4.10. The van der Waals surface area contributed by atoms with Gasteiger partial charge in [-0.1, -0.05) is 12.1 Å². The molecule has 0 atom stereocenters. The number of ether oxygens (including phenoxy) is 1. The molecule has 0 aliphatic heterocycles. The molecule has 2 rings (SSSR count). The number of aliphatic carboxylic acids is 1. The molecule has 2 aromatic rings. The fourth-order valence-electron chi connectivity index (χ4n) is 2.28. The zero-order valence-corrected chi connectivity index (χ0v) is 14.0. The van der Waals surface area contributed by atoms with Crippen LogP contribution < -0.4 is 4.74 Å². The van der Waals surface area contributed by atoms with Gasteiger partial charge in [0.05, 0.1) is 5.69 Å². The van der Waals surface area contributed by atoms with Crippen LogP contribution in [0.3, 0.4) is 0 Å². The number of benzene rings is 1. The van der Waals surface area contributed by atoms with E-state index in [1.165, 1.54) is 0 Å². The van der Waals surface area contributed by atoms with E-state index in [0.717, 1.165) is 17.0 Å². The Morgan fingerprint density at radius 3 is 2.46 bits per heavy atom. The number of likely N-dealkylation sites (N-methyl/N-ethyl adjacent to an activating group) is 1. The van der Waals surface area contributed by atoms with Crippen molar-refractivity contribution in [2.45, 2.75) is 26.9 Å². The second kappa shape index (κ2) is 7.63. The second-order valence-corrected chi connectivity index (χ2v) is 5.66. The smallest absolute Gasteiger partial charge is 0.341 e. The first-order valence-corrected chi connectivity index (χ1v) is 7.53. The van der Waals surface area contributed by atoms with Crippen LogP contribution in [-0.4, -0.2) is 45.3 Å². The van der Waals surface area contributed by atoms with Gasteiger partial charge in [0.25, 0.3) is 0 Å². The van der Waals surface area contributed by atoms with Crippen LogP contribution in [0.2, 0.25) is 0 Å². The Morgan fingerprint density at radius 2 is 1.92 bits per heavy atom. The summed E-state index contributed by atoms with van der Waals surface area (Å²) in [5.41, 5.74) is 2.77. The summed E-state index contributed by atoms with van der Waals surface area (Å²) in [6, 6.07) is 8.94. The zero-order valence-electron chi connectivity index (χ0n) is 14.0. The van der Waals surface area contributed by atoms with Gasteiger partial charge in [-0.05, 0) is 37.6 Å². The van der Waals surface area contributed by atoms with Crippen LogP contribution in [-0.2, 0) is 22.7 Å². The molecule has 0 radical (unpaired) electrons. The van der Waals surface area contributed by atoms with Crippen LogP contribution in [0.15, 0.2) is 30.3 Å². The third-order valence-corrected chi connectivity index (χ3v) is 3.52. The van der Waals surface area contributed by atoms with Gasteiger partial charge in [0.1, 0.15) is 12.3 Å². The average Bonchev–Trinajstić information content (AvgIpc) is 2.84. The van der Waals surface area contributed by atoms with E-state index < -0.39 is 5.97 Å². The van der Waals surface area contributed by atoms with Gasteiger partial charge >= 0.3 is 5.97 Å². The fourth-order valence-corrected chi connectivity index (χ4v) is 2.28. The van der Waals surface area contributed by atoms with Crippen molar-refractivity contribution < 1.29 is 19.4 Å². The Hall–Kier alpha value is -2.83. The maximum atomic E-state index is 12.3. The van der Waals surface area contributed by atoms with Gasteiger partial charge in [-0.2, -0.15) is 5.10 Å². The minimum absolute atomic E-state index is 0.0348. The van der Waals surface area contributed by atoms with E-state index in [1.807, 2.05) is 32.0 Å². The predicted octanol–water partition coefficient (Wildman–Crippen LogP) is 1.62. The highest BCUT2D eigenvalue weighted by Gasteiger charge is 2.12. The third-order valence-electron chi connectivity index (χ3n) is 3.52. The number of amides is 1. The number of nitrogens with zero attached hydrogens (tertiary/aromatic N) is 3. The van der Waals surface area contributed by atoms with Gasteiger partial charge in [0.2, 0.25) is 5.91 Å². The van der Waals surface area contributed by atoms with E-state index in [9.17, 15) is 9.59 Å². The topological polar surface area (TPSA) is 84.7 Å². The second-order valence-electron chi connectivity index (χ2n) is 5.66. The van der Waals surface area contributed by atoms with Gasteiger partial charge in [-0.25, -0.2) is 4.79 Å². The molecule has 1 aromatic heterocycles. The normalized spacial score (nSPS) is 10.5. The molecule has 1 heterocycles. The first-order chi connectivity index (χ1) is 11.3. The van der Waals surface area contributed by atoms with Crippen LogP contribution in [0.5, 0.6) is 5.75 Å². The lowest BCUT2D eigenvalue weighted by Crippen LogP contribution is -2.30. The number of aromatic nitrogens is 2. The molecular weight excluding hydrogens is 310 g/mol. The molecule has 0 aliphatic rings. The number of rotatable bonds is 7. The Balaban J connectivity index is 1.91. The molecule has 1 N–H and O–H groups in total. The number of carboxylic acid groups (broad SMARTS) is 1. The molecule has 128 valence electrons. The zero-order chi connectivity index (χ0) is 17.7. The molecule has 0 bridgehead atoms. The summed E-state index contributed by atoms with van der Waals surface area (Å²) in [5, 5.41) is 12.9. The van der Waals surface area contributed by atoms with E-state index in [0.29, 0.717) is 12.3 Å². The van der Waals surface area contributed by atoms with Gasteiger partial charge in [0.15, 0.2) is 6.61 Å². The molecule has 1 amide bonds. The maximum absolute atomic E-state index is 12.3. The van der Waals surface area contributed by atoms with Crippen molar-refractivity contribution in [3.05, 3.63) is 47.3 Å². The van der Waals surface area contributed by atoms with Crippen molar-refractivity contribution in [1.29, 1.82) is 0 Å². The molecule has 7 nitrogen and oxygen atoms in total. The van der Waals surface area contributed by atoms with Gasteiger partial charge < -0.3 is 14.7 Å². The van der Waals surface area contributed by atoms with Crippen molar-refractivity contribution >= 4 is 11.9 Å². The third kappa shape index (κ3) is 4.84. The van der Waals surface area contributed by atoms with Crippen molar-refractivity contribution in [3.8, 4) is 5.75 Å². The number of carbonyl (C=O) groups is 2. The Morgan fingerprint density at radius 1 is 1.25 bits per heavy atom. The van der Waals surface area contributed by atoms with E-state index >= 15 is 0 Å². The molecule has 0 aliphatic carbocycles. The minimum atomic E-state index is -1.02. The van der Waals surface area contributed by atoms with Gasteiger partial charge in [-0.15, -0.1) is 0 Å². The fraction of sp³-hybridized carbons (Fsp3) is 0.353. The van der Waals surface area contributed by atoms with Gasteiger partial charge in [0, 0.05) is 19.3 Å². The summed E-state index contributed by atoms with van der Waals surface area (Å²) in [4.78, 5) is 24.4. The Labute approximate surface area is 140 Å². The quantitative estimate of drug-likeness (QED) is 0.833. The molecule has 7 heteroatoms. The SMILES string of the molecule is Cc1cc(C)n(CC(=O)N(C)Cc2ccc(OCC(=O)O)cc2)n1. The summed E-state index contributed by atoms with van der Waals surface area (Å²) >= 11 is 0. The number of carbonyl (C=O) groups excluding carboxylic acids is 1. The molecule has 0 spiro atoms. The molecule has 0 unspecified atom stereocenters. The van der Waals surface area contributed by atoms with E-state index in [1.54, 1.807) is 28.8 Å². The van der Waals surface area contributed by atoms with Crippen molar-refractivity contribution in [3.63, 3.8) is 0 Å². The van der Waals surface area contributed by atoms with Crippen molar-refractivity contribution in [2.75, 3.05) is 13.7 Å². The lowest BCUT2D eigenvalue weighted by molar-refractivity contribution is -0.139. The Bertz CT molecular complexity index is 722. The van der Waals surface area contributed by atoms with Crippen LogP contribution >= 0.6 is 0 Å². The highest BCUT2D eigenvalue weighted by atomic mass is 16.5.